The van der Waals surface area contributed by atoms with Gasteiger partial charge >= 0.3 is 0 Å². The molecule has 8 heteroatoms. The number of nitrogens with one attached hydrogen (secondary N) is 1. The van der Waals surface area contributed by atoms with E-state index in [1.807, 2.05) is 0 Å². The third kappa shape index (κ3) is 2.47. The van der Waals surface area contributed by atoms with Crippen LogP contribution < -0.4 is 11.0 Å². The number of aromatic nitrogens is 3. The minimum atomic E-state index is -0.575. The predicted octanol–water partition coefficient (Wildman–Crippen LogP) is 3.24. The quantitative estimate of drug-likeness (QED) is 0.501. The molecule has 0 bridgehead atoms. The lowest BCUT2D eigenvalue weighted by Gasteiger charge is -2.09. The largest absolute Gasteiger partial charge is 0.492 e. The molecule has 0 aliphatic heterocycles. The highest BCUT2D eigenvalue weighted by Crippen LogP contribution is 2.21. The smallest absolute Gasteiger partial charge is 0.296 e. The zero-order chi connectivity index (χ0) is 17.7. The van der Waals surface area contributed by atoms with Gasteiger partial charge in [-0.1, -0.05) is 23.2 Å². The van der Waals surface area contributed by atoms with E-state index in [-0.39, 0.29) is 10.9 Å². The van der Waals surface area contributed by atoms with E-state index in [0.29, 0.717) is 26.6 Å². The minimum absolute atomic E-state index is 0.0535. The van der Waals surface area contributed by atoms with Crippen molar-refractivity contribution in [2.75, 3.05) is 0 Å². The van der Waals surface area contributed by atoms with Crippen LogP contribution in [-0.4, -0.2) is 19.9 Å². The summed E-state index contributed by atoms with van der Waals surface area (Å²) in [7, 11) is 0. The van der Waals surface area contributed by atoms with E-state index in [0.717, 1.165) is 4.68 Å². The number of pyridine rings is 1. The monoisotopic (exact) mass is 373 g/mol. The van der Waals surface area contributed by atoms with E-state index in [2.05, 4.69) is 10.1 Å². The van der Waals surface area contributed by atoms with Gasteiger partial charge in [0.15, 0.2) is 0 Å². The Hall–Kier alpha value is -2.83. The molecule has 2 N–H and O–H groups in total. The van der Waals surface area contributed by atoms with E-state index in [1.165, 1.54) is 6.07 Å². The van der Waals surface area contributed by atoms with E-state index in [4.69, 9.17) is 23.2 Å². The molecule has 2 aromatic carbocycles. The van der Waals surface area contributed by atoms with Gasteiger partial charge in [0.05, 0.1) is 11.2 Å². The Balaban J connectivity index is 2.15. The lowest BCUT2D eigenvalue weighted by Crippen LogP contribution is -2.24. The summed E-state index contributed by atoms with van der Waals surface area (Å²) in [5, 5.41) is 15.2. The van der Waals surface area contributed by atoms with Gasteiger partial charge < -0.3 is 10.1 Å². The molecule has 0 amide bonds. The van der Waals surface area contributed by atoms with Gasteiger partial charge in [0.1, 0.15) is 10.9 Å². The summed E-state index contributed by atoms with van der Waals surface area (Å²) in [6, 6.07) is 11.0. The third-order valence-corrected chi connectivity index (χ3v) is 4.35. The molecule has 124 valence electrons. The fraction of sp³-hybridized carbons (Fsp3) is 0. The molecular formula is C17H9Cl2N3O3. The topological polar surface area (TPSA) is 88.0 Å². The van der Waals surface area contributed by atoms with Gasteiger partial charge in [0, 0.05) is 15.4 Å². The van der Waals surface area contributed by atoms with Crippen LogP contribution >= 0.6 is 23.2 Å². The van der Waals surface area contributed by atoms with Crippen molar-refractivity contribution < 1.29 is 5.11 Å². The second-order valence-electron chi connectivity index (χ2n) is 5.41. The molecule has 0 atom stereocenters. The summed E-state index contributed by atoms with van der Waals surface area (Å²) < 4.78 is 1.00. The number of aromatic hydroxyl groups is 1. The molecule has 2 aromatic heterocycles. The molecule has 4 aromatic rings. The van der Waals surface area contributed by atoms with Gasteiger partial charge in [-0.05, 0) is 42.5 Å². The summed E-state index contributed by atoms with van der Waals surface area (Å²) >= 11 is 11.8. The molecule has 0 spiro atoms. The van der Waals surface area contributed by atoms with Crippen molar-refractivity contribution in [1.29, 1.82) is 0 Å². The van der Waals surface area contributed by atoms with Crippen LogP contribution in [0.2, 0.25) is 10.0 Å². The molecule has 0 radical (unpaired) electrons. The molecule has 0 fully saturated rings. The first-order valence-electron chi connectivity index (χ1n) is 7.19. The molecule has 2 heterocycles. The summed E-state index contributed by atoms with van der Waals surface area (Å²) in [5.41, 5.74) is -0.323. The highest BCUT2D eigenvalue weighted by Gasteiger charge is 2.17. The second kappa shape index (κ2) is 5.61. The van der Waals surface area contributed by atoms with Crippen molar-refractivity contribution in [3.63, 3.8) is 0 Å². The maximum Gasteiger partial charge on any atom is 0.296 e. The molecule has 6 nitrogen and oxygen atoms in total. The number of benzene rings is 2. The fourth-order valence-electron chi connectivity index (χ4n) is 2.69. The van der Waals surface area contributed by atoms with Crippen molar-refractivity contribution in [2.24, 2.45) is 0 Å². The molecular weight excluding hydrogens is 365 g/mol. The van der Waals surface area contributed by atoms with Crippen LogP contribution in [0.5, 0.6) is 5.88 Å². The number of aromatic amines is 1. The maximum absolute atomic E-state index is 12.8. The Morgan fingerprint density at radius 3 is 2.40 bits per heavy atom. The first-order chi connectivity index (χ1) is 12.0. The fourth-order valence-corrected chi connectivity index (χ4v) is 2.99. The van der Waals surface area contributed by atoms with Crippen molar-refractivity contribution in [3.8, 4) is 11.6 Å². The summed E-state index contributed by atoms with van der Waals surface area (Å²) in [6.45, 7) is 0. The Morgan fingerprint density at radius 2 is 1.68 bits per heavy atom. The summed E-state index contributed by atoms with van der Waals surface area (Å²) in [6.07, 6.45) is 0. The number of H-pyrrole nitrogens is 1. The van der Waals surface area contributed by atoms with E-state index < -0.39 is 16.9 Å². The average Bonchev–Trinajstić information content (AvgIpc) is 2.58. The van der Waals surface area contributed by atoms with Crippen LogP contribution in [0.4, 0.5) is 0 Å². The lowest BCUT2D eigenvalue weighted by molar-refractivity contribution is 0.444. The third-order valence-electron chi connectivity index (χ3n) is 3.86. The molecule has 25 heavy (non-hydrogen) atoms. The Bertz CT molecular complexity index is 1260. The number of hydrogen-bond acceptors (Lipinski definition) is 4. The molecule has 0 unspecified atom stereocenters. The maximum atomic E-state index is 12.8. The molecule has 4 rings (SSSR count). The average molecular weight is 374 g/mol. The first kappa shape index (κ1) is 15.7. The van der Waals surface area contributed by atoms with Crippen molar-refractivity contribution >= 4 is 45.0 Å². The standard InChI is InChI=1S/C17H9Cl2N3O3/c18-8-1-4-10(5-2-8)22-17(25)14-13(16(24)21-22)15(23)11-6-3-9(19)7-12(11)20-14/h1-7H,(H,20,23)(H,21,24). The summed E-state index contributed by atoms with van der Waals surface area (Å²) in [5.74, 6) is -0.539. The molecule has 0 saturated carbocycles. The number of fused-ring (bicyclic) bond motifs is 2. The normalized spacial score (nSPS) is 11.3. The van der Waals surface area contributed by atoms with Crippen molar-refractivity contribution in [1.82, 2.24) is 14.8 Å². The zero-order valence-corrected chi connectivity index (χ0v) is 14.0. The summed E-state index contributed by atoms with van der Waals surface area (Å²) in [4.78, 5) is 28.3. The number of nitrogens with zero attached hydrogens (tertiary/aromatic N) is 2. The second-order valence-corrected chi connectivity index (χ2v) is 6.28. The number of halogens is 2. The SMILES string of the molecule is O=c1c2ccc(Cl)cc2[nH]c2c(=O)n(-c3ccc(Cl)cc3)nc(O)c12. The minimum Gasteiger partial charge on any atom is -0.492 e. The van der Waals surface area contributed by atoms with E-state index in [1.54, 1.807) is 36.4 Å². The van der Waals surface area contributed by atoms with Crippen molar-refractivity contribution in [3.05, 3.63) is 73.1 Å². The van der Waals surface area contributed by atoms with Crippen LogP contribution in [0, 0.1) is 0 Å². The van der Waals surface area contributed by atoms with Gasteiger partial charge in [-0.25, -0.2) is 0 Å². The first-order valence-corrected chi connectivity index (χ1v) is 7.95. The van der Waals surface area contributed by atoms with Gasteiger partial charge in [-0.2, -0.15) is 4.68 Å². The van der Waals surface area contributed by atoms with Crippen LogP contribution in [0.3, 0.4) is 0 Å². The zero-order valence-electron chi connectivity index (χ0n) is 12.5. The van der Waals surface area contributed by atoms with E-state index in [9.17, 15) is 14.7 Å². The molecule has 0 saturated heterocycles. The number of hydrogen-bond donors (Lipinski definition) is 2. The van der Waals surface area contributed by atoms with Gasteiger partial charge in [-0.3, -0.25) is 9.59 Å². The predicted molar refractivity (Wildman–Crippen MR) is 97.2 cm³/mol. The lowest BCUT2D eigenvalue weighted by atomic mass is 10.1. The van der Waals surface area contributed by atoms with Crippen LogP contribution in [0.1, 0.15) is 0 Å². The van der Waals surface area contributed by atoms with Gasteiger partial charge in [-0.15, -0.1) is 5.10 Å². The van der Waals surface area contributed by atoms with Gasteiger partial charge in [0.25, 0.3) is 5.56 Å². The Morgan fingerprint density at radius 1 is 1.00 bits per heavy atom. The van der Waals surface area contributed by atoms with Crippen LogP contribution in [0.15, 0.2) is 52.1 Å². The Labute approximate surface area is 149 Å². The highest BCUT2D eigenvalue weighted by atomic mass is 35.5. The van der Waals surface area contributed by atoms with E-state index >= 15 is 0 Å². The highest BCUT2D eigenvalue weighted by molar-refractivity contribution is 6.31. The van der Waals surface area contributed by atoms with Crippen LogP contribution in [0.25, 0.3) is 27.5 Å². The molecule has 0 aliphatic carbocycles. The Kier molecular flexibility index (Phi) is 3.52. The van der Waals surface area contributed by atoms with Crippen molar-refractivity contribution in [2.45, 2.75) is 0 Å². The van der Waals surface area contributed by atoms with Gasteiger partial charge in [0.2, 0.25) is 11.3 Å². The molecule has 0 aliphatic rings. The number of rotatable bonds is 1. The van der Waals surface area contributed by atoms with Crippen LogP contribution in [-0.2, 0) is 0 Å².